The summed E-state index contributed by atoms with van der Waals surface area (Å²) < 4.78 is 0. The Labute approximate surface area is 93.6 Å². The maximum absolute atomic E-state index is 6.14. The molecule has 2 rings (SSSR count). The van der Waals surface area contributed by atoms with Crippen molar-refractivity contribution in [3.63, 3.8) is 0 Å². The third-order valence-electron chi connectivity index (χ3n) is 3.75. The summed E-state index contributed by atoms with van der Waals surface area (Å²) in [7, 11) is 0. The van der Waals surface area contributed by atoms with Crippen LogP contribution in [0.5, 0.6) is 0 Å². The zero-order valence-corrected chi connectivity index (χ0v) is 10.4. The molecule has 1 aliphatic carbocycles. The standard InChI is InChI=1S/C12H25N3/c1-11(2,3)15-8-6-14(7-9-15)10-12(13)4-5-12/h4-10,13H2,1-3H3. The number of hydrogen-bond acceptors (Lipinski definition) is 3. The van der Waals surface area contributed by atoms with Gasteiger partial charge in [0.2, 0.25) is 0 Å². The first-order chi connectivity index (χ1) is 6.89. The predicted molar refractivity (Wildman–Crippen MR) is 63.9 cm³/mol. The van der Waals surface area contributed by atoms with Crippen molar-refractivity contribution in [3.05, 3.63) is 0 Å². The van der Waals surface area contributed by atoms with Crippen LogP contribution in [0.15, 0.2) is 0 Å². The molecule has 0 unspecified atom stereocenters. The Bertz CT molecular complexity index is 220. The van der Waals surface area contributed by atoms with Crippen molar-refractivity contribution >= 4 is 0 Å². The average Bonchev–Trinajstić information content (AvgIpc) is 2.82. The largest absolute Gasteiger partial charge is 0.324 e. The van der Waals surface area contributed by atoms with Gasteiger partial charge in [-0.1, -0.05) is 0 Å². The Morgan fingerprint density at radius 3 is 2.00 bits per heavy atom. The normalized spacial score (nSPS) is 28.0. The molecule has 1 saturated carbocycles. The second kappa shape index (κ2) is 3.72. The first kappa shape index (κ1) is 11.4. The molecule has 3 nitrogen and oxygen atoms in total. The third-order valence-corrected chi connectivity index (χ3v) is 3.75. The molecular weight excluding hydrogens is 186 g/mol. The Kier molecular flexibility index (Phi) is 2.82. The predicted octanol–water partition coefficient (Wildman–Crippen LogP) is 0.894. The van der Waals surface area contributed by atoms with E-state index in [2.05, 4.69) is 30.6 Å². The molecule has 0 radical (unpaired) electrons. The minimum absolute atomic E-state index is 0.184. The van der Waals surface area contributed by atoms with E-state index in [1.54, 1.807) is 0 Å². The molecule has 3 heteroatoms. The zero-order chi connectivity index (χ0) is 11.1. The minimum atomic E-state index is 0.184. The van der Waals surface area contributed by atoms with Gasteiger partial charge < -0.3 is 5.73 Å². The molecule has 1 aliphatic heterocycles. The fourth-order valence-corrected chi connectivity index (χ4v) is 2.34. The molecule has 0 bridgehead atoms. The van der Waals surface area contributed by atoms with Crippen LogP contribution in [0.2, 0.25) is 0 Å². The Morgan fingerprint density at radius 2 is 1.60 bits per heavy atom. The van der Waals surface area contributed by atoms with Crippen LogP contribution < -0.4 is 5.73 Å². The highest BCUT2D eigenvalue weighted by Crippen LogP contribution is 2.33. The van der Waals surface area contributed by atoms with Crippen LogP contribution in [-0.2, 0) is 0 Å². The van der Waals surface area contributed by atoms with Crippen molar-refractivity contribution in [1.29, 1.82) is 0 Å². The van der Waals surface area contributed by atoms with Crippen molar-refractivity contribution in [2.45, 2.75) is 44.7 Å². The molecule has 0 spiro atoms. The molecule has 2 fully saturated rings. The molecule has 0 aromatic carbocycles. The summed E-state index contributed by atoms with van der Waals surface area (Å²) in [6, 6.07) is 0. The van der Waals surface area contributed by atoms with Gasteiger partial charge in [-0.15, -0.1) is 0 Å². The van der Waals surface area contributed by atoms with Crippen LogP contribution in [0.1, 0.15) is 33.6 Å². The van der Waals surface area contributed by atoms with Crippen LogP contribution >= 0.6 is 0 Å². The molecule has 0 aromatic rings. The SMILES string of the molecule is CC(C)(C)N1CCN(CC2(N)CC2)CC1. The maximum Gasteiger partial charge on any atom is 0.0284 e. The lowest BCUT2D eigenvalue weighted by Crippen LogP contribution is -2.55. The maximum atomic E-state index is 6.14. The van der Waals surface area contributed by atoms with Crippen molar-refractivity contribution in [2.24, 2.45) is 5.73 Å². The average molecular weight is 211 g/mol. The van der Waals surface area contributed by atoms with Gasteiger partial charge in [-0.3, -0.25) is 9.80 Å². The Balaban J connectivity index is 1.77. The van der Waals surface area contributed by atoms with Gasteiger partial charge in [-0.05, 0) is 33.6 Å². The second-order valence-corrected chi connectivity index (χ2v) is 6.30. The summed E-state index contributed by atoms with van der Waals surface area (Å²) in [5.74, 6) is 0. The molecule has 15 heavy (non-hydrogen) atoms. The first-order valence-electron chi connectivity index (χ1n) is 6.15. The van der Waals surface area contributed by atoms with Gasteiger partial charge in [0.05, 0.1) is 0 Å². The van der Waals surface area contributed by atoms with Gasteiger partial charge in [0.1, 0.15) is 0 Å². The highest BCUT2D eigenvalue weighted by atomic mass is 15.3. The van der Waals surface area contributed by atoms with Crippen LogP contribution in [0, 0.1) is 0 Å². The van der Waals surface area contributed by atoms with E-state index in [0.717, 1.165) is 6.54 Å². The lowest BCUT2D eigenvalue weighted by atomic mass is 10.0. The van der Waals surface area contributed by atoms with E-state index in [-0.39, 0.29) is 5.54 Å². The van der Waals surface area contributed by atoms with E-state index in [1.807, 2.05) is 0 Å². The summed E-state index contributed by atoms with van der Waals surface area (Å²) in [4.78, 5) is 5.11. The molecule has 0 aromatic heterocycles. The fourth-order valence-electron chi connectivity index (χ4n) is 2.34. The van der Waals surface area contributed by atoms with Crippen LogP contribution in [0.3, 0.4) is 0 Å². The molecule has 88 valence electrons. The molecule has 1 heterocycles. The smallest absolute Gasteiger partial charge is 0.0284 e. The lowest BCUT2D eigenvalue weighted by Gasteiger charge is -2.42. The topological polar surface area (TPSA) is 32.5 Å². The summed E-state index contributed by atoms with van der Waals surface area (Å²) >= 11 is 0. The fraction of sp³-hybridized carbons (Fsp3) is 1.00. The van der Waals surface area contributed by atoms with Crippen LogP contribution in [0.25, 0.3) is 0 Å². The molecule has 1 saturated heterocycles. The van der Waals surface area contributed by atoms with Gasteiger partial charge in [0.15, 0.2) is 0 Å². The van der Waals surface area contributed by atoms with Crippen molar-refractivity contribution in [1.82, 2.24) is 9.80 Å². The number of rotatable bonds is 2. The number of nitrogens with zero attached hydrogens (tertiary/aromatic N) is 2. The monoisotopic (exact) mass is 211 g/mol. The van der Waals surface area contributed by atoms with Gasteiger partial charge in [-0.2, -0.15) is 0 Å². The van der Waals surface area contributed by atoms with E-state index >= 15 is 0 Å². The third kappa shape index (κ3) is 2.92. The molecule has 0 atom stereocenters. The minimum Gasteiger partial charge on any atom is -0.324 e. The van der Waals surface area contributed by atoms with E-state index < -0.39 is 0 Å². The van der Waals surface area contributed by atoms with E-state index in [4.69, 9.17) is 5.73 Å². The lowest BCUT2D eigenvalue weighted by molar-refractivity contribution is 0.0587. The van der Waals surface area contributed by atoms with E-state index in [0.29, 0.717) is 5.54 Å². The van der Waals surface area contributed by atoms with Gasteiger partial charge in [0.25, 0.3) is 0 Å². The van der Waals surface area contributed by atoms with Crippen molar-refractivity contribution in [2.75, 3.05) is 32.7 Å². The Hall–Kier alpha value is -0.120. The van der Waals surface area contributed by atoms with Crippen molar-refractivity contribution < 1.29 is 0 Å². The quantitative estimate of drug-likeness (QED) is 0.736. The van der Waals surface area contributed by atoms with Crippen LogP contribution in [0.4, 0.5) is 0 Å². The number of piperazine rings is 1. The van der Waals surface area contributed by atoms with E-state index in [9.17, 15) is 0 Å². The highest BCUT2D eigenvalue weighted by molar-refractivity contribution is 5.01. The summed E-state index contributed by atoms with van der Waals surface area (Å²) in [6.07, 6.45) is 2.46. The zero-order valence-electron chi connectivity index (χ0n) is 10.4. The van der Waals surface area contributed by atoms with Crippen molar-refractivity contribution in [3.8, 4) is 0 Å². The summed E-state index contributed by atoms with van der Waals surface area (Å²) in [6.45, 7) is 12.8. The van der Waals surface area contributed by atoms with Gasteiger partial charge in [0, 0.05) is 43.8 Å². The summed E-state index contributed by atoms with van der Waals surface area (Å²) in [5.41, 5.74) is 6.65. The Morgan fingerprint density at radius 1 is 1.07 bits per heavy atom. The highest BCUT2D eigenvalue weighted by Gasteiger charge is 2.40. The first-order valence-corrected chi connectivity index (χ1v) is 6.15. The number of nitrogens with two attached hydrogens (primary N) is 1. The van der Waals surface area contributed by atoms with Crippen LogP contribution in [-0.4, -0.2) is 53.6 Å². The summed E-state index contributed by atoms with van der Waals surface area (Å²) in [5, 5.41) is 0. The molecule has 2 N–H and O–H groups in total. The molecular formula is C12H25N3. The van der Waals surface area contributed by atoms with Gasteiger partial charge >= 0.3 is 0 Å². The number of hydrogen-bond donors (Lipinski definition) is 1. The van der Waals surface area contributed by atoms with E-state index in [1.165, 1.54) is 39.0 Å². The molecule has 0 amide bonds. The second-order valence-electron chi connectivity index (χ2n) is 6.30. The van der Waals surface area contributed by atoms with Gasteiger partial charge in [-0.25, -0.2) is 0 Å². The molecule has 2 aliphatic rings.